The molecule has 0 amide bonds. The molecule has 15 heavy (non-hydrogen) atoms. The molecule has 1 aromatic rings. The average Bonchev–Trinajstić information content (AvgIpc) is 2.59. The van der Waals surface area contributed by atoms with Crippen molar-refractivity contribution in [1.29, 1.82) is 0 Å². The molecule has 1 fully saturated rings. The third-order valence-corrected chi connectivity index (χ3v) is 3.03. The normalized spacial score (nSPS) is 22.9. The molecule has 1 aliphatic rings. The Morgan fingerprint density at radius 3 is 2.47 bits per heavy atom. The summed E-state index contributed by atoms with van der Waals surface area (Å²) in [5.74, 6) is -2.50. The molecule has 0 radical (unpaired) electrons. The van der Waals surface area contributed by atoms with Gasteiger partial charge in [0.2, 0.25) is 0 Å². The lowest BCUT2D eigenvalue weighted by molar-refractivity contribution is 0.00833. The van der Waals surface area contributed by atoms with Gasteiger partial charge in [0.05, 0.1) is 6.54 Å². The number of benzene rings is 1. The van der Waals surface area contributed by atoms with E-state index < -0.39 is 5.92 Å². The maximum atomic E-state index is 13.0. The monoisotopic (exact) mass is 211 g/mol. The first-order valence-electron chi connectivity index (χ1n) is 5.25. The second kappa shape index (κ2) is 3.89. The standard InChI is InChI=1S/C12H15F2N/c1-10(11-5-3-2-4-6-11)15-8-7-12(13,14)9-15/h2-6,10H,7-9H2,1H3. The molecule has 0 aliphatic carbocycles. The predicted octanol–water partition coefficient (Wildman–Crippen LogP) is 3.09. The molecule has 0 spiro atoms. The third-order valence-electron chi connectivity index (χ3n) is 3.03. The summed E-state index contributed by atoms with van der Waals surface area (Å²) in [5, 5.41) is 0. The molecule has 1 heterocycles. The van der Waals surface area contributed by atoms with Gasteiger partial charge in [0.1, 0.15) is 0 Å². The number of nitrogens with zero attached hydrogens (tertiary/aromatic N) is 1. The second-order valence-corrected chi connectivity index (χ2v) is 4.16. The van der Waals surface area contributed by atoms with E-state index in [1.807, 2.05) is 42.2 Å². The molecule has 1 nitrogen and oxygen atoms in total. The number of likely N-dealkylation sites (tertiary alicyclic amines) is 1. The molecule has 0 bridgehead atoms. The van der Waals surface area contributed by atoms with E-state index in [1.165, 1.54) is 0 Å². The van der Waals surface area contributed by atoms with Crippen molar-refractivity contribution in [2.24, 2.45) is 0 Å². The van der Waals surface area contributed by atoms with E-state index in [-0.39, 0.29) is 19.0 Å². The lowest BCUT2D eigenvalue weighted by atomic mass is 10.1. The van der Waals surface area contributed by atoms with Crippen LogP contribution in [0.3, 0.4) is 0 Å². The summed E-state index contributed by atoms with van der Waals surface area (Å²) < 4.78 is 26.1. The number of hydrogen-bond donors (Lipinski definition) is 0. The number of rotatable bonds is 2. The Morgan fingerprint density at radius 2 is 1.93 bits per heavy atom. The number of hydrogen-bond acceptors (Lipinski definition) is 1. The molecule has 0 saturated carbocycles. The van der Waals surface area contributed by atoms with E-state index >= 15 is 0 Å². The molecule has 1 aliphatic heterocycles. The quantitative estimate of drug-likeness (QED) is 0.726. The van der Waals surface area contributed by atoms with Crippen molar-refractivity contribution >= 4 is 0 Å². The largest absolute Gasteiger partial charge is 0.290 e. The van der Waals surface area contributed by atoms with Crippen LogP contribution in [0.4, 0.5) is 8.78 Å². The molecule has 3 heteroatoms. The highest BCUT2D eigenvalue weighted by atomic mass is 19.3. The van der Waals surface area contributed by atoms with Crippen LogP contribution in [0, 0.1) is 0 Å². The van der Waals surface area contributed by atoms with Crippen LogP contribution in [0.2, 0.25) is 0 Å². The summed E-state index contributed by atoms with van der Waals surface area (Å²) in [6.07, 6.45) is -0.00975. The minimum atomic E-state index is -2.50. The van der Waals surface area contributed by atoms with Gasteiger partial charge in [0, 0.05) is 19.0 Å². The summed E-state index contributed by atoms with van der Waals surface area (Å²) in [4.78, 5) is 1.84. The fourth-order valence-electron chi connectivity index (χ4n) is 2.04. The van der Waals surface area contributed by atoms with Gasteiger partial charge in [-0.05, 0) is 12.5 Å². The maximum absolute atomic E-state index is 13.0. The van der Waals surface area contributed by atoms with Crippen molar-refractivity contribution < 1.29 is 8.78 Å². The summed E-state index contributed by atoms with van der Waals surface area (Å²) in [6, 6.07) is 9.89. The van der Waals surface area contributed by atoms with Crippen LogP contribution in [-0.4, -0.2) is 23.9 Å². The Hall–Kier alpha value is -0.960. The molecule has 1 atom stereocenters. The van der Waals surface area contributed by atoms with E-state index in [4.69, 9.17) is 0 Å². The van der Waals surface area contributed by atoms with E-state index in [1.54, 1.807) is 0 Å². The van der Waals surface area contributed by atoms with Crippen molar-refractivity contribution in [3.05, 3.63) is 35.9 Å². The Labute approximate surface area is 88.7 Å². The lowest BCUT2D eigenvalue weighted by Gasteiger charge is -2.24. The fourth-order valence-corrected chi connectivity index (χ4v) is 2.04. The third kappa shape index (κ3) is 2.34. The fraction of sp³-hybridized carbons (Fsp3) is 0.500. The zero-order valence-electron chi connectivity index (χ0n) is 8.79. The topological polar surface area (TPSA) is 3.24 Å². The van der Waals surface area contributed by atoms with Crippen LogP contribution in [-0.2, 0) is 0 Å². The first kappa shape index (κ1) is 10.6. The van der Waals surface area contributed by atoms with Gasteiger partial charge in [-0.3, -0.25) is 4.90 Å². The van der Waals surface area contributed by atoms with Gasteiger partial charge in [-0.1, -0.05) is 30.3 Å². The molecule has 1 saturated heterocycles. The van der Waals surface area contributed by atoms with Gasteiger partial charge in [-0.25, -0.2) is 8.78 Å². The average molecular weight is 211 g/mol. The van der Waals surface area contributed by atoms with Crippen LogP contribution < -0.4 is 0 Å². The van der Waals surface area contributed by atoms with Crippen LogP contribution in [0.5, 0.6) is 0 Å². The Bertz CT molecular complexity index is 324. The maximum Gasteiger partial charge on any atom is 0.261 e. The molecule has 0 N–H and O–H groups in total. The lowest BCUT2D eigenvalue weighted by Crippen LogP contribution is -2.27. The predicted molar refractivity (Wildman–Crippen MR) is 56.0 cm³/mol. The minimum Gasteiger partial charge on any atom is -0.290 e. The summed E-state index contributed by atoms with van der Waals surface area (Å²) in [7, 11) is 0. The Balaban J connectivity index is 2.07. The minimum absolute atomic E-state index is 0.00975. The van der Waals surface area contributed by atoms with Crippen LogP contribution in [0.1, 0.15) is 24.9 Å². The van der Waals surface area contributed by atoms with Gasteiger partial charge >= 0.3 is 0 Å². The van der Waals surface area contributed by atoms with Crippen LogP contribution in [0.25, 0.3) is 0 Å². The van der Waals surface area contributed by atoms with Gasteiger partial charge in [-0.2, -0.15) is 0 Å². The van der Waals surface area contributed by atoms with E-state index in [0.29, 0.717) is 6.54 Å². The van der Waals surface area contributed by atoms with Gasteiger partial charge in [0.15, 0.2) is 0 Å². The number of halogens is 2. The molecule has 0 aromatic heterocycles. The molecular formula is C12H15F2N. The van der Waals surface area contributed by atoms with Crippen molar-refractivity contribution in [2.75, 3.05) is 13.1 Å². The van der Waals surface area contributed by atoms with Gasteiger partial charge < -0.3 is 0 Å². The Morgan fingerprint density at radius 1 is 1.27 bits per heavy atom. The van der Waals surface area contributed by atoms with Gasteiger partial charge in [0.25, 0.3) is 5.92 Å². The molecule has 1 aromatic carbocycles. The second-order valence-electron chi connectivity index (χ2n) is 4.16. The van der Waals surface area contributed by atoms with E-state index in [9.17, 15) is 8.78 Å². The highest BCUT2D eigenvalue weighted by Crippen LogP contribution is 2.32. The molecule has 2 rings (SSSR count). The Kier molecular flexibility index (Phi) is 2.74. The van der Waals surface area contributed by atoms with Gasteiger partial charge in [-0.15, -0.1) is 0 Å². The summed E-state index contributed by atoms with van der Waals surface area (Å²) >= 11 is 0. The highest BCUT2D eigenvalue weighted by Gasteiger charge is 2.39. The van der Waals surface area contributed by atoms with Crippen LogP contribution >= 0.6 is 0 Å². The van der Waals surface area contributed by atoms with E-state index in [2.05, 4.69) is 0 Å². The van der Waals surface area contributed by atoms with Crippen molar-refractivity contribution in [2.45, 2.75) is 25.3 Å². The van der Waals surface area contributed by atoms with Crippen LogP contribution in [0.15, 0.2) is 30.3 Å². The zero-order chi connectivity index (χ0) is 10.9. The molecular weight excluding hydrogens is 196 g/mol. The summed E-state index contributed by atoms with van der Waals surface area (Å²) in [6.45, 7) is 2.36. The SMILES string of the molecule is CC(c1ccccc1)N1CCC(F)(F)C1. The summed E-state index contributed by atoms with van der Waals surface area (Å²) in [5.41, 5.74) is 1.11. The van der Waals surface area contributed by atoms with Crippen molar-refractivity contribution in [3.63, 3.8) is 0 Å². The first-order valence-corrected chi connectivity index (χ1v) is 5.25. The first-order chi connectivity index (χ1) is 7.08. The zero-order valence-corrected chi connectivity index (χ0v) is 8.79. The smallest absolute Gasteiger partial charge is 0.261 e. The number of alkyl halides is 2. The molecule has 82 valence electrons. The highest BCUT2D eigenvalue weighted by molar-refractivity contribution is 5.18. The van der Waals surface area contributed by atoms with Crippen molar-refractivity contribution in [1.82, 2.24) is 4.90 Å². The van der Waals surface area contributed by atoms with E-state index in [0.717, 1.165) is 5.56 Å². The van der Waals surface area contributed by atoms with Crippen molar-refractivity contribution in [3.8, 4) is 0 Å². The molecule has 1 unspecified atom stereocenters.